The molecule has 4 aliphatic rings. The highest BCUT2D eigenvalue weighted by atomic mass is 32.2. The molecule has 0 fully saturated rings. The fourth-order valence-corrected chi connectivity index (χ4v) is 10.00. The molecule has 4 aromatic rings. The molecule has 0 saturated heterocycles. The van der Waals surface area contributed by atoms with Gasteiger partial charge in [0.2, 0.25) is 5.95 Å². The maximum absolute atomic E-state index is 13.0. The zero-order valence-electron chi connectivity index (χ0n) is 31.3. The Morgan fingerprint density at radius 1 is 0.684 bits per heavy atom. The third-order valence-electron chi connectivity index (χ3n) is 11.0. The van der Waals surface area contributed by atoms with E-state index in [1.54, 1.807) is 0 Å². The number of sulfonamides is 2. The van der Waals surface area contributed by atoms with Crippen LogP contribution >= 0.6 is 0 Å². The molecule has 5 N–H and O–H groups in total. The zero-order chi connectivity index (χ0) is 39.7. The van der Waals surface area contributed by atoms with Gasteiger partial charge in [0.25, 0.3) is 20.0 Å². The Bertz CT molecular complexity index is 2410. The molecule has 1 unspecified atom stereocenters. The summed E-state index contributed by atoms with van der Waals surface area (Å²) in [7, 11) is -7.09. The van der Waals surface area contributed by atoms with Crippen molar-refractivity contribution in [2.24, 2.45) is 0 Å². The van der Waals surface area contributed by atoms with Crippen LogP contribution in [0.1, 0.15) is 76.1 Å². The second-order valence-electron chi connectivity index (χ2n) is 14.5. The first-order valence-electron chi connectivity index (χ1n) is 19.0. The van der Waals surface area contributed by atoms with E-state index in [9.17, 15) is 26.4 Å². The van der Waals surface area contributed by atoms with Crippen molar-refractivity contribution in [2.75, 3.05) is 42.8 Å². The Morgan fingerprint density at radius 3 is 1.74 bits per heavy atom. The van der Waals surface area contributed by atoms with Crippen molar-refractivity contribution in [1.82, 2.24) is 29.4 Å². The summed E-state index contributed by atoms with van der Waals surface area (Å²) in [4.78, 5) is 41.4. The molecule has 17 nitrogen and oxygen atoms in total. The van der Waals surface area contributed by atoms with Crippen LogP contribution in [0.2, 0.25) is 0 Å². The van der Waals surface area contributed by atoms with Crippen LogP contribution in [0.3, 0.4) is 0 Å². The van der Waals surface area contributed by atoms with Crippen molar-refractivity contribution in [3.8, 4) is 6.01 Å². The number of carbonyl (C=O) groups is 2. The Balaban J connectivity index is 0.828. The number of nitrogens with one attached hydrogen (secondary N) is 5. The number of urea groups is 2. The van der Waals surface area contributed by atoms with Crippen LogP contribution in [0.4, 0.5) is 26.9 Å². The van der Waals surface area contributed by atoms with E-state index in [1.165, 1.54) is 18.2 Å². The van der Waals surface area contributed by atoms with E-state index in [0.717, 1.165) is 128 Å². The van der Waals surface area contributed by atoms with Crippen molar-refractivity contribution in [1.29, 1.82) is 0 Å². The van der Waals surface area contributed by atoms with Crippen LogP contribution in [0.25, 0.3) is 0 Å². The lowest BCUT2D eigenvalue weighted by atomic mass is 9.95. The lowest BCUT2D eigenvalue weighted by Crippen LogP contribution is -2.35. The van der Waals surface area contributed by atoms with Crippen molar-refractivity contribution in [2.45, 2.75) is 86.3 Å². The van der Waals surface area contributed by atoms with Crippen LogP contribution in [0.15, 0.2) is 46.7 Å². The molecule has 2 aromatic carbocycles. The molecule has 2 aromatic heterocycles. The molecule has 4 aliphatic carbocycles. The molecular weight excluding hydrogens is 775 g/mol. The first-order valence-corrected chi connectivity index (χ1v) is 22.0. The molecule has 0 saturated carbocycles. The summed E-state index contributed by atoms with van der Waals surface area (Å²) in [5.74, 6) is 0.276. The standard InChI is InChI=1S/C38H43N9O8S2/c1-54-38-42-19-27(20-43-38)57(52,53)47-37(49)45-34-30-10-4-7-24(30)16-32-25(11-12-31(32)34)21-55-14-13-39-35-40-17-26(18-41-35)56(50,51)46-36(48)44-33-28-8-2-5-22(28)15-23-6-3-9-29(23)33/h15-20,25H,2-14,21H2,1H3,(H,39,40,41)(H2,44,46,48)(H2,45,47,49). The molecule has 2 heterocycles. The fraction of sp³-hybridized carbons (Fsp3) is 0.421. The highest BCUT2D eigenvalue weighted by molar-refractivity contribution is 7.90. The SMILES string of the molecule is COc1ncc(S(=O)(=O)NC(=O)Nc2c3c(cc4c2CCC4COCCNc2ncc(S(=O)(=O)NC(=O)Nc4c5c(cc6c4CCC6)CCC5)cn2)CCC3)cn1. The van der Waals surface area contributed by atoms with Crippen LogP contribution in [-0.4, -0.2) is 75.7 Å². The maximum atomic E-state index is 13.0. The van der Waals surface area contributed by atoms with Gasteiger partial charge in [0.15, 0.2) is 0 Å². The van der Waals surface area contributed by atoms with Crippen LogP contribution < -0.4 is 30.1 Å². The predicted octanol–water partition coefficient (Wildman–Crippen LogP) is 3.92. The van der Waals surface area contributed by atoms with E-state index in [1.807, 2.05) is 0 Å². The van der Waals surface area contributed by atoms with Gasteiger partial charge < -0.3 is 25.4 Å². The molecule has 1 atom stereocenters. The summed E-state index contributed by atoms with van der Waals surface area (Å²) in [6.07, 6.45) is 14.1. The topological polar surface area (TPSA) is 233 Å². The lowest BCUT2D eigenvalue weighted by molar-refractivity contribution is 0.129. The zero-order valence-corrected chi connectivity index (χ0v) is 32.9. The van der Waals surface area contributed by atoms with Crippen LogP contribution in [-0.2, 0) is 69.7 Å². The highest BCUT2D eigenvalue weighted by Crippen LogP contribution is 2.44. The third kappa shape index (κ3) is 8.08. The van der Waals surface area contributed by atoms with Gasteiger partial charge in [-0.1, -0.05) is 12.1 Å². The molecule has 57 heavy (non-hydrogen) atoms. The van der Waals surface area contributed by atoms with Gasteiger partial charge in [0.05, 0.1) is 45.1 Å². The Kier molecular flexibility index (Phi) is 10.7. The molecule has 8 rings (SSSR count). The van der Waals surface area contributed by atoms with Gasteiger partial charge >= 0.3 is 18.1 Å². The minimum Gasteiger partial charge on any atom is -0.467 e. The largest absolute Gasteiger partial charge is 0.467 e. The summed E-state index contributed by atoms with van der Waals surface area (Å²) in [5.41, 5.74) is 10.3. The van der Waals surface area contributed by atoms with E-state index >= 15 is 0 Å². The van der Waals surface area contributed by atoms with Crippen LogP contribution in [0, 0.1) is 0 Å². The number of rotatable bonds is 13. The fourth-order valence-electron chi connectivity index (χ4n) is 8.41. The molecule has 0 radical (unpaired) electrons. The number of hydrogen-bond donors (Lipinski definition) is 5. The second-order valence-corrected chi connectivity index (χ2v) is 17.9. The summed E-state index contributed by atoms with van der Waals surface area (Å²) in [6.45, 7) is 1.09. The van der Waals surface area contributed by atoms with Gasteiger partial charge in [-0.05, 0) is 115 Å². The van der Waals surface area contributed by atoms with E-state index in [4.69, 9.17) is 9.47 Å². The molecule has 19 heteroatoms. The third-order valence-corrected chi connectivity index (χ3v) is 13.6. The van der Waals surface area contributed by atoms with E-state index in [0.29, 0.717) is 31.9 Å². The summed E-state index contributed by atoms with van der Waals surface area (Å²) < 4.78 is 66.8. The number of aromatic nitrogens is 4. The number of aryl methyl sites for hydroxylation is 3. The van der Waals surface area contributed by atoms with Gasteiger partial charge in [0.1, 0.15) is 9.79 Å². The van der Waals surface area contributed by atoms with Crippen molar-refractivity contribution in [3.05, 3.63) is 81.4 Å². The van der Waals surface area contributed by atoms with Crippen molar-refractivity contribution >= 4 is 49.4 Å². The lowest BCUT2D eigenvalue weighted by Gasteiger charge is -2.18. The number of hydrogen-bond acceptors (Lipinski definition) is 13. The quantitative estimate of drug-likeness (QED) is 0.121. The highest BCUT2D eigenvalue weighted by Gasteiger charge is 2.32. The van der Waals surface area contributed by atoms with E-state index in [-0.39, 0.29) is 27.7 Å². The Morgan fingerprint density at radius 2 is 1.19 bits per heavy atom. The number of anilines is 3. The summed E-state index contributed by atoms with van der Waals surface area (Å²) in [6, 6.07) is 2.74. The molecule has 0 bridgehead atoms. The summed E-state index contributed by atoms with van der Waals surface area (Å²) in [5, 5.41) is 8.70. The van der Waals surface area contributed by atoms with Crippen molar-refractivity contribution in [3.63, 3.8) is 0 Å². The maximum Gasteiger partial charge on any atom is 0.333 e. The molecule has 300 valence electrons. The Labute approximate surface area is 330 Å². The number of ether oxygens (including phenoxy) is 2. The van der Waals surface area contributed by atoms with Gasteiger partial charge in [-0.15, -0.1) is 0 Å². The molecule has 0 aliphatic heterocycles. The van der Waals surface area contributed by atoms with Gasteiger partial charge in [0, 0.05) is 23.8 Å². The van der Waals surface area contributed by atoms with Gasteiger partial charge in [-0.25, -0.2) is 55.8 Å². The first-order chi connectivity index (χ1) is 27.5. The number of fused-ring (bicyclic) bond motifs is 4. The van der Waals surface area contributed by atoms with E-state index < -0.39 is 32.1 Å². The van der Waals surface area contributed by atoms with Gasteiger partial charge in [-0.3, -0.25) is 0 Å². The van der Waals surface area contributed by atoms with Crippen LogP contribution in [0.5, 0.6) is 6.01 Å². The molecule has 4 amide bonds. The average molecular weight is 818 g/mol. The molecular formula is C38H43N9O8S2. The van der Waals surface area contributed by atoms with Gasteiger partial charge in [-0.2, -0.15) is 0 Å². The number of carbonyl (C=O) groups excluding carboxylic acids is 2. The normalized spacial score (nSPS) is 16.6. The average Bonchev–Trinajstić information content (AvgIpc) is 4.02. The van der Waals surface area contributed by atoms with Crippen molar-refractivity contribution < 1.29 is 35.9 Å². The first kappa shape index (κ1) is 38.5. The number of nitrogens with zero attached hydrogens (tertiary/aromatic N) is 4. The molecule has 0 spiro atoms. The number of methoxy groups -OCH3 is 1. The Hall–Kier alpha value is -5.40. The second kappa shape index (κ2) is 15.9. The number of benzene rings is 2. The minimum absolute atomic E-state index is 0.00284. The predicted molar refractivity (Wildman–Crippen MR) is 209 cm³/mol. The van der Waals surface area contributed by atoms with E-state index in [2.05, 4.69) is 57.5 Å². The smallest absolute Gasteiger partial charge is 0.333 e. The number of amides is 4. The monoisotopic (exact) mass is 817 g/mol. The minimum atomic E-state index is -4.23. The summed E-state index contributed by atoms with van der Waals surface area (Å²) >= 11 is 0.